The molecular weight excluding hydrogens is 448 g/mol. The number of rotatable bonds is 3. The van der Waals surface area contributed by atoms with Crippen LogP contribution in [0.2, 0.25) is 0 Å². The molecule has 0 amide bonds. The summed E-state index contributed by atoms with van der Waals surface area (Å²) in [5.74, 6) is -2.08. The van der Waals surface area contributed by atoms with Crippen LogP contribution in [0, 0.1) is 0 Å². The number of aliphatic hydroxyl groups is 4. The quantitative estimate of drug-likeness (QED) is 0.286. The fraction of sp³-hybridized carbons (Fsp3) is 0.417. The summed E-state index contributed by atoms with van der Waals surface area (Å²) in [5.41, 5.74) is 0.0201. The van der Waals surface area contributed by atoms with Crippen LogP contribution in [0.1, 0.15) is 61.9 Å². The number of phenols is 2. The molecule has 6 atom stereocenters. The predicted octanol–water partition coefficient (Wildman–Crippen LogP) is 0.0671. The van der Waals surface area contributed by atoms with E-state index in [9.17, 15) is 40.2 Å². The number of ketones is 2. The third-order valence-corrected chi connectivity index (χ3v) is 6.82. The summed E-state index contributed by atoms with van der Waals surface area (Å²) in [7, 11) is 0. The zero-order valence-corrected chi connectivity index (χ0v) is 17.9. The van der Waals surface area contributed by atoms with Crippen LogP contribution in [0.4, 0.5) is 0 Å². The average Bonchev–Trinajstić information content (AvgIpc) is 2.85. The Morgan fingerprint density at radius 1 is 0.912 bits per heavy atom. The molecule has 0 radical (unpaired) electrons. The van der Waals surface area contributed by atoms with Gasteiger partial charge in [-0.2, -0.15) is 0 Å². The highest BCUT2D eigenvalue weighted by atomic mass is 16.7. The monoisotopic (exact) mass is 472 g/mol. The molecule has 5 rings (SSSR count). The van der Waals surface area contributed by atoms with Crippen LogP contribution in [0.15, 0.2) is 24.3 Å². The molecule has 0 aromatic heterocycles. The maximum Gasteiger partial charge on any atom is 0.198 e. The van der Waals surface area contributed by atoms with Gasteiger partial charge in [0.05, 0.1) is 23.8 Å². The van der Waals surface area contributed by atoms with Crippen molar-refractivity contribution in [1.29, 1.82) is 0 Å². The Hall–Kier alpha value is -2.86. The molecule has 1 saturated heterocycles. The van der Waals surface area contributed by atoms with Gasteiger partial charge in [0.2, 0.25) is 0 Å². The molecule has 0 spiro atoms. The van der Waals surface area contributed by atoms with Gasteiger partial charge >= 0.3 is 0 Å². The van der Waals surface area contributed by atoms with Gasteiger partial charge in [-0.05, 0) is 19.3 Å². The minimum atomic E-state index is -1.66. The smallest absolute Gasteiger partial charge is 0.198 e. The summed E-state index contributed by atoms with van der Waals surface area (Å²) in [6.07, 6.45) is -7.40. The van der Waals surface area contributed by atoms with E-state index in [4.69, 9.17) is 9.47 Å². The van der Waals surface area contributed by atoms with Crippen molar-refractivity contribution < 1.29 is 49.7 Å². The Morgan fingerprint density at radius 3 is 2.15 bits per heavy atom. The standard InChI is InChI=1S/C24H24O10/c25-8-13-20(29)22(31)23(32)24(34-13)33-12-7-3-6-11-14(12)21(30)16-15(19(11)28)17(26)9-4-1-2-5-10(9)18(16)27/h1-2,4-5,12-13,20,22-25,28-32H,3,6-8H2/t12-,13-,20+,22+,23+,24+/m0/s1. The molecule has 0 saturated carbocycles. The van der Waals surface area contributed by atoms with Crippen molar-refractivity contribution in [3.63, 3.8) is 0 Å². The highest BCUT2D eigenvalue weighted by Crippen LogP contribution is 2.49. The van der Waals surface area contributed by atoms with Gasteiger partial charge in [-0.15, -0.1) is 0 Å². The van der Waals surface area contributed by atoms with Crippen LogP contribution in [-0.2, 0) is 15.9 Å². The fourth-order valence-corrected chi connectivity index (χ4v) is 5.07. The van der Waals surface area contributed by atoms with Crippen LogP contribution in [0.5, 0.6) is 11.5 Å². The summed E-state index contributed by atoms with van der Waals surface area (Å²) >= 11 is 0. The topological polar surface area (TPSA) is 174 Å². The average molecular weight is 472 g/mol. The van der Waals surface area contributed by atoms with E-state index in [1.165, 1.54) is 12.1 Å². The number of aliphatic hydroxyl groups excluding tert-OH is 4. The highest BCUT2D eigenvalue weighted by molar-refractivity contribution is 6.30. The summed E-state index contributed by atoms with van der Waals surface area (Å²) in [6.45, 7) is -0.637. The molecule has 1 aliphatic heterocycles. The van der Waals surface area contributed by atoms with E-state index < -0.39 is 66.5 Å². The lowest BCUT2D eigenvalue weighted by Crippen LogP contribution is -2.59. The molecule has 2 aromatic rings. The van der Waals surface area contributed by atoms with Crippen molar-refractivity contribution in [3.05, 3.63) is 57.6 Å². The molecule has 34 heavy (non-hydrogen) atoms. The molecule has 6 N–H and O–H groups in total. The van der Waals surface area contributed by atoms with Gasteiger partial charge < -0.3 is 40.1 Å². The summed E-state index contributed by atoms with van der Waals surface area (Å²) < 4.78 is 11.3. The number of carbonyl (C=O) groups excluding carboxylic acids is 2. The van der Waals surface area contributed by atoms with E-state index in [0.717, 1.165) is 0 Å². The fourth-order valence-electron chi connectivity index (χ4n) is 5.07. The molecule has 0 bridgehead atoms. The van der Waals surface area contributed by atoms with Gasteiger partial charge in [-0.3, -0.25) is 9.59 Å². The molecule has 2 aromatic carbocycles. The SMILES string of the molecule is O=C1c2ccccc2C(=O)c2c(O)c3c(c(O)c21)CCC[C@@H]3O[C@@H]1O[C@@H](CO)[C@@H](O)[C@@H](O)[C@H]1O. The third-order valence-electron chi connectivity index (χ3n) is 6.82. The molecule has 3 aliphatic rings. The number of fused-ring (bicyclic) bond motifs is 3. The number of benzene rings is 2. The van der Waals surface area contributed by atoms with Crippen LogP contribution in [0.25, 0.3) is 0 Å². The molecule has 1 fully saturated rings. The van der Waals surface area contributed by atoms with E-state index in [2.05, 4.69) is 0 Å². The van der Waals surface area contributed by atoms with Crippen molar-refractivity contribution >= 4 is 11.6 Å². The second-order valence-electron chi connectivity index (χ2n) is 8.76. The normalized spacial score (nSPS) is 30.5. The lowest BCUT2D eigenvalue weighted by molar-refractivity contribution is -0.313. The summed E-state index contributed by atoms with van der Waals surface area (Å²) in [5, 5.41) is 62.0. The zero-order chi connectivity index (χ0) is 24.3. The molecule has 10 heteroatoms. The number of hydrogen-bond acceptors (Lipinski definition) is 10. The highest BCUT2D eigenvalue weighted by Gasteiger charge is 2.46. The van der Waals surface area contributed by atoms with Gasteiger partial charge in [0, 0.05) is 22.3 Å². The second kappa shape index (κ2) is 8.42. The van der Waals surface area contributed by atoms with E-state index in [1.807, 2.05) is 0 Å². The number of hydrogen-bond donors (Lipinski definition) is 6. The van der Waals surface area contributed by atoms with Gasteiger partial charge in [0.25, 0.3) is 0 Å². The third kappa shape index (κ3) is 3.26. The lowest BCUT2D eigenvalue weighted by Gasteiger charge is -2.41. The van der Waals surface area contributed by atoms with Crippen LogP contribution in [0.3, 0.4) is 0 Å². The molecule has 2 aliphatic carbocycles. The van der Waals surface area contributed by atoms with E-state index in [0.29, 0.717) is 19.3 Å². The van der Waals surface area contributed by atoms with Crippen molar-refractivity contribution in [3.8, 4) is 11.5 Å². The largest absolute Gasteiger partial charge is 0.507 e. The molecule has 0 unspecified atom stereocenters. The molecule has 1 heterocycles. The summed E-state index contributed by atoms with van der Waals surface area (Å²) in [4.78, 5) is 26.3. The number of carbonyl (C=O) groups is 2. The maximum atomic E-state index is 13.2. The Kier molecular flexibility index (Phi) is 5.67. The second-order valence-corrected chi connectivity index (χ2v) is 8.76. The van der Waals surface area contributed by atoms with E-state index in [1.54, 1.807) is 12.1 Å². The lowest BCUT2D eigenvalue weighted by atomic mass is 9.77. The summed E-state index contributed by atoms with van der Waals surface area (Å²) in [6, 6.07) is 6.15. The zero-order valence-electron chi connectivity index (χ0n) is 17.9. The Balaban J connectivity index is 1.58. The molecule has 10 nitrogen and oxygen atoms in total. The van der Waals surface area contributed by atoms with Gasteiger partial charge in [0.1, 0.15) is 35.9 Å². The molecule has 180 valence electrons. The van der Waals surface area contributed by atoms with E-state index >= 15 is 0 Å². The van der Waals surface area contributed by atoms with Gasteiger partial charge in [-0.1, -0.05) is 24.3 Å². The van der Waals surface area contributed by atoms with E-state index in [-0.39, 0.29) is 33.4 Å². The maximum absolute atomic E-state index is 13.2. The first-order chi connectivity index (χ1) is 16.3. The Morgan fingerprint density at radius 2 is 1.53 bits per heavy atom. The first-order valence-electron chi connectivity index (χ1n) is 11.0. The van der Waals surface area contributed by atoms with Gasteiger partial charge in [-0.25, -0.2) is 0 Å². The van der Waals surface area contributed by atoms with Crippen molar-refractivity contribution in [2.75, 3.05) is 6.61 Å². The predicted molar refractivity (Wildman–Crippen MR) is 114 cm³/mol. The van der Waals surface area contributed by atoms with Crippen molar-refractivity contribution in [1.82, 2.24) is 0 Å². The van der Waals surface area contributed by atoms with Crippen molar-refractivity contribution in [2.45, 2.75) is 56.1 Å². The van der Waals surface area contributed by atoms with Gasteiger partial charge in [0.15, 0.2) is 17.9 Å². The number of phenolic OH excluding ortho intramolecular Hbond substituents is 2. The first-order valence-corrected chi connectivity index (χ1v) is 11.0. The Labute approximate surface area is 193 Å². The Bertz CT molecular complexity index is 1170. The first kappa shape index (κ1) is 22.9. The minimum Gasteiger partial charge on any atom is -0.507 e. The number of aromatic hydroxyl groups is 2. The molecular formula is C24H24O10. The van der Waals surface area contributed by atoms with Crippen LogP contribution >= 0.6 is 0 Å². The number of ether oxygens (including phenoxy) is 2. The minimum absolute atomic E-state index is 0.0972. The van der Waals surface area contributed by atoms with Crippen molar-refractivity contribution in [2.24, 2.45) is 0 Å². The van der Waals surface area contributed by atoms with Crippen LogP contribution in [-0.4, -0.2) is 79.5 Å². The van der Waals surface area contributed by atoms with Crippen LogP contribution < -0.4 is 0 Å².